The van der Waals surface area contributed by atoms with Crippen molar-refractivity contribution in [3.63, 3.8) is 0 Å². The fourth-order valence-corrected chi connectivity index (χ4v) is 24.9. The lowest BCUT2D eigenvalue weighted by Crippen LogP contribution is -1.86. The van der Waals surface area contributed by atoms with Crippen LogP contribution < -0.4 is 0 Å². The van der Waals surface area contributed by atoms with Gasteiger partial charge in [0, 0.05) is 93.9 Å². The van der Waals surface area contributed by atoms with Crippen LogP contribution in [-0.2, 0) is 0 Å². The zero-order valence-corrected chi connectivity index (χ0v) is 82.3. The maximum atomic E-state index is 6.10. The Bertz CT molecular complexity index is 10300. The second kappa shape index (κ2) is 37.0. The Balaban J connectivity index is 0.000000107. The van der Waals surface area contributed by atoms with E-state index < -0.39 is 0 Å². The van der Waals surface area contributed by atoms with Crippen LogP contribution >= 0.6 is 34.0 Å². The molecule has 6 aromatic heterocycles. The van der Waals surface area contributed by atoms with Crippen LogP contribution in [0.5, 0.6) is 0 Å². The minimum Gasteiger partial charge on any atom is -0.436 e. The Morgan fingerprint density at radius 2 is 0.392 bits per heavy atom. The van der Waals surface area contributed by atoms with Crippen molar-refractivity contribution in [2.24, 2.45) is 0 Å². The Kier molecular flexibility index (Phi) is 21.8. The van der Waals surface area contributed by atoms with Gasteiger partial charge in [-0.05, 0) is 307 Å². The molecule has 0 spiro atoms. The van der Waals surface area contributed by atoms with Crippen LogP contribution in [0.15, 0.2) is 529 Å². The van der Waals surface area contributed by atoms with Gasteiger partial charge >= 0.3 is 0 Å². The van der Waals surface area contributed by atoms with Crippen molar-refractivity contribution >= 4 is 171 Å². The predicted molar refractivity (Wildman–Crippen MR) is 627 cm³/mol. The van der Waals surface area contributed by atoms with Gasteiger partial charge in [0.25, 0.3) is 0 Å². The molecule has 24 aromatic carbocycles. The quantitative estimate of drug-likeness (QED) is 0.108. The van der Waals surface area contributed by atoms with Gasteiger partial charge in [0.05, 0.1) is 0 Å². The third-order valence-electron chi connectivity index (χ3n) is 28.9. The van der Waals surface area contributed by atoms with E-state index in [1.54, 1.807) is 0 Å². The van der Waals surface area contributed by atoms with Crippen molar-refractivity contribution in [3.05, 3.63) is 516 Å². The number of benzene rings is 24. The molecule has 0 N–H and O–H groups in total. The molecule has 30 aromatic rings. The van der Waals surface area contributed by atoms with Crippen molar-refractivity contribution in [2.45, 2.75) is 0 Å². The molecule has 30 rings (SSSR count). The van der Waals surface area contributed by atoms with Gasteiger partial charge in [0.1, 0.15) is 16.6 Å². The van der Waals surface area contributed by atoms with Gasteiger partial charge < -0.3 is 13.3 Å². The molecule has 0 amide bonds. The molecule has 9 heteroatoms. The minimum atomic E-state index is 0.636. The van der Waals surface area contributed by atoms with Crippen molar-refractivity contribution in [2.75, 3.05) is 0 Å². The van der Waals surface area contributed by atoms with Crippen molar-refractivity contribution in [1.29, 1.82) is 0 Å². The van der Waals surface area contributed by atoms with Crippen LogP contribution in [-0.4, -0.2) is 15.0 Å². The number of oxazole rings is 3. The lowest BCUT2D eigenvalue weighted by Gasteiger charge is -2.12. The molecule has 0 atom stereocenters. The number of thiophene rings is 3. The average molecular weight is 1940 g/mol. The number of hydrogen-bond donors (Lipinski definition) is 0. The second-order valence-corrected chi connectivity index (χ2v) is 41.1. The van der Waals surface area contributed by atoms with E-state index in [9.17, 15) is 0 Å². The first-order valence-corrected chi connectivity index (χ1v) is 52.4. The smallest absolute Gasteiger partial charge is 0.227 e. The summed E-state index contributed by atoms with van der Waals surface area (Å²) in [5.41, 5.74) is 34.6. The molecule has 0 saturated heterocycles. The normalized spacial score (nSPS) is 11.6. The van der Waals surface area contributed by atoms with E-state index in [-0.39, 0.29) is 0 Å². The SMILES string of the molecule is c1ccc(-c2ccc(-c3ccc4sc5c(-c6ccc(-c7nc8ccccc8o7)cc6)cc(-c6ccc(-c7ccccc7)cc6)cc5c4c3)cc2)cc1.c1ccc2c(-c3ccc4sc5c(-c6ccc(-c7nc8ccccc8o7)cc6)cc(-c6cccc7ccccc67)cc5c4c3)cccc2c1.c1ccc2cc(-c3ccc4sc5c(-c6ccc(-c7nc8ccccc8o7)cc6)cc(-c6ccc7ccccc7c6)cc5c4c3)ccc2c1. The fraction of sp³-hybridized carbons (Fsp3) is 0. The standard InChI is InChI=1S/C49H31NOS.2C45H27NOS/c1-3-9-32(10-4-1)34-15-19-36(20-16-34)40-27-28-47-43(29-40)44-31-41(37-21-17-35(18-22-37)33-11-5-2-6-12-33)30-42(48(44)52-47)38-23-25-39(26-24-38)49-50-45-13-7-8-14-46(45)51-49;1-3-13-34-28(9-1)11-7-15-36(34)32-23-24-43-39(25-32)40-27-33(37-16-8-12-29-10-2-4-14-35(29)37)26-38(44(40)48-43)30-19-21-31(22-20-30)45-46-41-17-5-6-18-42(41)47-45;1-3-9-32-23-34(19-13-28(32)7-1)36-21-22-43-39(25-36)40-27-37(35-20-14-29-8-2-4-10-33(29)24-35)26-38(44(40)48-43)30-15-17-31(18-16-30)45-46-41-11-5-6-12-42(41)47-45/h1-31H;2*1-27H. The van der Waals surface area contributed by atoms with E-state index in [2.05, 4.69) is 443 Å². The maximum absolute atomic E-state index is 6.10. The Hall–Kier alpha value is -18.6. The molecule has 0 bridgehead atoms. The molecule has 0 saturated carbocycles. The number of nitrogens with zero attached hydrogens (tertiary/aromatic N) is 3. The van der Waals surface area contributed by atoms with Gasteiger partial charge in [-0.25, -0.2) is 15.0 Å². The van der Waals surface area contributed by atoms with Gasteiger partial charge in [-0.1, -0.05) is 358 Å². The summed E-state index contributed by atoms with van der Waals surface area (Å²) < 4.78 is 26.0. The third-order valence-corrected chi connectivity index (χ3v) is 32.6. The van der Waals surface area contributed by atoms with Crippen LogP contribution in [0.4, 0.5) is 0 Å². The Morgan fingerprint density at radius 3 is 0.804 bits per heavy atom. The van der Waals surface area contributed by atoms with Crippen LogP contribution in [0.3, 0.4) is 0 Å². The van der Waals surface area contributed by atoms with Gasteiger partial charge in [-0.3, -0.25) is 0 Å². The highest BCUT2D eigenvalue weighted by Gasteiger charge is 2.24. The summed E-state index contributed by atoms with van der Waals surface area (Å²) in [5.74, 6) is 1.91. The highest BCUT2D eigenvalue weighted by atomic mass is 32.1. The monoisotopic (exact) mass is 1940 g/mol. The summed E-state index contributed by atoms with van der Waals surface area (Å²) in [6.45, 7) is 0. The molecule has 6 heterocycles. The third kappa shape index (κ3) is 16.3. The topological polar surface area (TPSA) is 78.1 Å². The number of hydrogen-bond acceptors (Lipinski definition) is 9. The summed E-state index contributed by atoms with van der Waals surface area (Å²) in [6.07, 6.45) is 0. The van der Waals surface area contributed by atoms with Gasteiger partial charge in [-0.15, -0.1) is 34.0 Å². The highest BCUT2D eigenvalue weighted by molar-refractivity contribution is 7.27. The minimum absolute atomic E-state index is 0.636. The first-order valence-electron chi connectivity index (χ1n) is 49.9. The predicted octanol–water partition coefficient (Wildman–Crippen LogP) is 40.5. The molecular weight excluding hydrogens is 1860 g/mol. The van der Waals surface area contributed by atoms with Gasteiger partial charge in [-0.2, -0.15) is 0 Å². The molecule has 0 aliphatic heterocycles. The Labute approximate surface area is 864 Å². The summed E-state index contributed by atoms with van der Waals surface area (Å²) >= 11 is 5.60. The first-order chi connectivity index (χ1) is 73.2. The van der Waals surface area contributed by atoms with Crippen molar-refractivity contribution in [3.8, 4) is 157 Å². The molecule has 148 heavy (non-hydrogen) atoms. The summed E-state index contributed by atoms with van der Waals surface area (Å²) in [7, 11) is 0. The van der Waals surface area contributed by atoms with Gasteiger partial charge in [0.2, 0.25) is 17.7 Å². The zero-order chi connectivity index (χ0) is 97.6. The average Bonchev–Trinajstić information content (AvgIpc) is 1.62. The number of aromatic nitrogens is 3. The summed E-state index contributed by atoms with van der Waals surface area (Å²) in [5, 5.41) is 17.7. The summed E-state index contributed by atoms with van der Waals surface area (Å²) in [4.78, 5) is 14.2. The lowest BCUT2D eigenvalue weighted by molar-refractivity contribution is 0.619. The maximum Gasteiger partial charge on any atom is 0.227 e. The second-order valence-electron chi connectivity index (χ2n) is 37.9. The molecule has 0 unspecified atom stereocenters. The van der Waals surface area contributed by atoms with E-state index in [4.69, 9.17) is 28.2 Å². The zero-order valence-electron chi connectivity index (χ0n) is 79.9. The highest BCUT2D eigenvalue weighted by Crippen LogP contribution is 2.51. The fourth-order valence-electron chi connectivity index (χ4n) is 21.3. The van der Waals surface area contributed by atoms with E-state index in [0.29, 0.717) is 17.7 Å². The van der Waals surface area contributed by atoms with E-state index >= 15 is 0 Å². The van der Waals surface area contributed by atoms with E-state index in [0.717, 1.165) is 55.6 Å². The number of para-hydroxylation sites is 6. The lowest BCUT2D eigenvalue weighted by atomic mass is 9.92. The van der Waals surface area contributed by atoms with Crippen molar-refractivity contribution < 1.29 is 13.3 Å². The van der Waals surface area contributed by atoms with Crippen LogP contribution in [0.25, 0.3) is 294 Å². The Morgan fingerprint density at radius 1 is 0.135 bits per heavy atom. The number of fused-ring (bicyclic) bond motifs is 16. The van der Waals surface area contributed by atoms with Crippen LogP contribution in [0, 0.1) is 0 Å². The van der Waals surface area contributed by atoms with Crippen LogP contribution in [0.2, 0.25) is 0 Å². The van der Waals surface area contributed by atoms with Gasteiger partial charge in [0.15, 0.2) is 16.7 Å². The van der Waals surface area contributed by atoms with Crippen molar-refractivity contribution in [1.82, 2.24) is 15.0 Å². The molecule has 0 aliphatic carbocycles. The van der Waals surface area contributed by atoms with Crippen LogP contribution in [0.1, 0.15) is 0 Å². The molecule has 6 nitrogen and oxygen atoms in total. The summed E-state index contributed by atoms with van der Waals surface area (Å²) in [6, 6.07) is 185. The first kappa shape index (κ1) is 87.2. The van der Waals surface area contributed by atoms with E-state index in [1.807, 2.05) is 107 Å². The number of rotatable bonds is 14. The molecule has 0 radical (unpaired) electrons. The largest absolute Gasteiger partial charge is 0.436 e. The molecule has 0 aliphatic rings. The molecule has 0 fully saturated rings. The molecule has 692 valence electrons. The van der Waals surface area contributed by atoms with E-state index in [1.165, 1.54) is 220 Å². The molecular formula is C139H85N3O3S3.